The number of aliphatic hydroxyl groups excluding tert-OH is 1. The quantitative estimate of drug-likeness (QED) is 0.420. The molecular formula is C17H34O4. The number of ether oxygens (including phenoxy) is 1. The normalized spacial score (nSPS) is 12.5. The number of aliphatic carboxylic acids is 1. The van der Waals surface area contributed by atoms with Crippen molar-refractivity contribution in [2.24, 2.45) is 0 Å². The third kappa shape index (κ3) is 15.6. The third-order valence-corrected chi connectivity index (χ3v) is 3.74. The van der Waals surface area contributed by atoms with E-state index in [1.165, 1.54) is 51.4 Å². The summed E-state index contributed by atoms with van der Waals surface area (Å²) < 4.78 is 5.50. The van der Waals surface area contributed by atoms with Crippen molar-refractivity contribution >= 4 is 5.97 Å². The molecule has 0 spiro atoms. The molecule has 0 aliphatic carbocycles. The average molecular weight is 302 g/mol. The molecule has 4 nitrogen and oxygen atoms in total. The minimum absolute atomic E-state index is 0.0588. The zero-order valence-electron chi connectivity index (χ0n) is 13.7. The van der Waals surface area contributed by atoms with Crippen molar-refractivity contribution in [3.63, 3.8) is 0 Å². The van der Waals surface area contributed by atoms with E-state index in [1.54, 1.807) is 0 Å². The zero-order valence-corrected chi connectivity index (χ0v) is 13.7. The number of rotatable bonds is 16. The van der Waals surface area contributed by atoms with Crippen molar-refractivity contribution in [1.29, 1.82) is 0 Å². The first kappa shape index (κ1) is 20.4. The van der Waals surface area contributed by atoms with Crippen LogP contribution in [0.5, 0.6) is 0 Å². The number of carbonyl (C=O) groups is 1. The number of hydrogen-bond donors (Lipinski definition) is 2. The molecule has 0 heterocycles. The molecule has 0 fully saturated rings. The summed E-state index contributed by atoms with van der Waals surface area (Å²) in [6.07, 6.45) is 13.0. The minimum Gasteiger partial charge on any atom is -0.481 e. The molecule has 0 aromatic carbocycles. The van der Waals surface area contributed by atoms with E-state index in [4.69, 9.17) is 14.9 Å². The van der Waals surface area contributed by atoms with E-state index in [1.807, 2.05) is 0 Å². The molecule has 126 valence electrons. The first-order valence-electron chi connectivity index (χ1n) is 8.65. The lowest BCUT2D eigenvalue weighted by Gasteiger charge is -2.14. The van der Waals surface area contributed by atoms with Crippen LogP contribution in [0.1, 0.15) is 84.0 Å². The smallest absolute Gasteiger partial charge is 0.303 e. The Morgan fingerprint density at radius 2 is 1.48 bits per heavy atom. The fourth-order valence-electron chi connectivity index (χ4n) is 2.35. The molecule has 0 rings (SSSR count). The van der Waals surface area contributed by atoms with Gasteiger partial charge in [0, 0.05) is 13.0 Å². The van der Waals surface area contributed by atoms with Crippen molar-refractivity contribution in [2.45, 2.75) is 90.1 Å². The van der Waals surface area contributed by atoms with Crippen LogP contribution in [0.15, 0.2) is 0 Å². The van der Waals surface area contributed by atoms with E-state index in [0.29, 0.717) is 13.0 Å². The summed E-state index contributed by atoms with van der Waals surface area (Å²) in [6.45, 7) is 2.78. The monoisotopic (exact) mass is 302 g/mol. The molecule has 0 bridgehead atoms. The molecule has 0 aliphatic heterocycles. The predicted octanol–water partition coefficient (Wildman–Crippen LogP) is 4.15. The maximum Gasteiger partial charge on any atom is 0.303 e. The molecule has 0 aromatic rings. The Morgan fingerprint density at radius 1 is 0.952 bits per heavy atom. The van der Waals surface area contributed by atoms with Crippen molar-refractivity contribution < 1.29 is 19.7 Å². The Kier molecular flexibility index (Phi) is 15.3. The summed E-state index contributed by atoms with van der Waals surface area (Å²) in [4.78, 5) is 10.4. The number of carboxylic acid groups (broad SMARTS) is 1. The molecule has 0 aromatic heterocycles. The van der Waals surface area contributed by atoms with E-state index < -0.39 is 5.97 Å². The van der Waals surface area contributed by atoms with Gasteiger partial charge in [-0.05, 0) is 12.8 Å². The van der Waals surface area contributed by atoms with Gasteiger partial charge < -0.3 is 14.9 Å². The minimum atomic E-state index is -0.837. The summed E-state index contributed by atoms with van der Waals surface area (Å²) in [5.74, 6) is -0.837. The van der Waals surface area contributed by atoms with Crippen LogP contribution in [0.3, 0.4) is 0 Å². The summed E-state index contributed by atoms with van der Waals surface area (Å²) in [5, 5.41) is 17.7. The van der Waals surface area contributed by atoms with E-state index in [2.05, 4.69) is 6.92 Å². The van der Waals surface area contributed by atoms with Gasteiger partial charge in [-0.15, -0.1) is 0 Å². The number of hydrogen-bond acceptors (Lipinski definition) is 3. The number of unbranched alkanes of at least 4 members (excludes halogenated alkanes) is 9. The third-order valence-electron chi connectivity index (χ3n) is 3.74. The second-order valence-corrected chi connectivity index (χ2v) is 5.79. The first-order chi connectivity index (χ1) is 10.2. The van der Waals surface area contributed by atoms with Crippen molar-refractivity contribution in [3.05, 3.63) is 0 Å². The fraction of sp³-hybridized carbons (Fsp3) is 0.941. The van der Waals surface area contributed by atoms with Crippen molar-refractivity contribution in [1.82, 2.24) is 0 Å². The maximum atomic E-state index is 10.4. The Hall–Kier alpha value is -0.610. The van der Waals surface area contributed by atoms with E-state index in [-0.39, 0.29) is 19.1 Å². The van der Waals surface area contributed by atoms with E-state index in [9.17, 15) is 4.79 Å². The van der Waals surface area contributed by atoms with Gasteiger partial charge in [-0.3, -0.25) is 4.79 Å². The van der Waals surface area contributed by atoms with Crippen LogP contribution in [0.4, 0.5) is 0 Å². The van der Waals surface area contributed by atoms with Crippen LogP contribution in [0.2, 0.25) is 0 Å². The van der Waals surface area contributed by atoms with Gasteiger partial charge in [0.15, 0.2) is 0 Å². The second-order valence-electron chi connectivity index (χ2n) is 5.79. The maximum absolute atomic E-state index is 10.4. The molecule has 0 saturated carbocycles. The van der Waals surface area contributed by atoms with Crippen molar-refractivity contribution in [3.8, 4) is 0 Å². The summed E-state index contributed by atoms with van der Waals surface area (Å²) in [6, 6.07) is 0. The largest absolute Gasteiger partial charge is 0.481 e. The Morgan fingerprint density at radius 3 is 1.95 bits per heavy atom. The van der Waals surface area contributed by atoms with Crippen LogP contribution in [0, 0.1) is 0 Å². The SMILES string of the molecule is CCCCCCCCCCCCOC(CO)CCC(=O)O. The van der Waals surface area contributed by atoms with Gasteiger partial charge in [-0.1, -0.05) is 64.7 Å². The fourth-order valence-corrected chi connectivity index (χ4v) is 2.35. The average Bonchev–Trinajstić information content (AvgIpc) is 2.47. The van der Waals surface area contributed by atoms with Gasteiger partial charge in [0.05, 0.1) is 12.7 Å². The lowest BCUT2D eigenvalue weighted by molar-refractivity contribution is -0.138. The van der Waals surface area contributed by atoms with Crippen LogP contribution in [0.25, 0.3) is 0 Å². The van der Waals surface area contributed by atoms with Crippen LogP contribution >= 0.6 is 0 Å². The van der Waals surface area contributed by atoms with Gasteiger partial charge in [0.2, 0.25) is 0 Å². The Labute approximate surface area is 129 Å². The Balaban J connectivity index is 3.24. The van der Waals surface area contributed by atoms with Gasteiger partial charge in [-0.25, -0.2) is 0 Å². The second kappa shape index (κ2) is 15.8. The van der Waals surface area contributed by atoms with E-state index >= 15 is 0 Å². The first-order valence-corrected chi connectivity index (χ1v) is 8.65. The lowest BCUT2D eigenvalue weighted by atomic mass is 10.1. The van der Waals surface area contributed by atoms with Crippen LogP contribution in [-0.4, -0.2) is 35.5 Å². The van der Waals surface area contributed by atoms with Crippen molar-refractivity contribution in [2.75, 3.05) is 13.2 Å². The van der Waals surface area contributed by atoms with Crippen LogP contribution < -0.4 is 0 Å². The highest BCUT2D eigenvalue weighted by Gasteiger charge is 2.09. The molecule has 1 unspecified atom stereocenters. The molecular weight excluding hydrogens is 268 g/mol. The molecule has 4 heteroatoms. The number of aliphatic hydroxyl groups is 1. The molecule has 0 aliphatic rings. The predicted molar refractivity (Wildman–Crippen MR) is 85.5 cm³/mol. The summed E-state index contributed by atoms with van der Waals surface area (Å²) >= 11 is 0. The Bertz CT molecular complexity index is 231. The number of carboxylic acids is 1. The van der Waals surface area contributed by atoms with Gasteiger partial charge in [-0.2, -0.15) is 0 Å². The van der Waals surface area contributed by atoms with Gasteiger partial charge in [0.25, 0.3) is 0 Å². The lowest BCUT2D eigenvalue weighted by Crippen LogP contribution is -2.19. The van der Waals surface area contributed by atoms with E-state index in [0.717, 1.165) is 12.8 Å². The molecule has 21 heavy (non-hydrogen) atoms. The molecule has 0 saturated heterocycles. The highest BCUT2D eigenvalue weighted by Crippen LogP contribution is 2.11. The summed E-state index contributed by atoms with van der Waals surface area (Å²) in [7, 11) is 0. The topological polar surface area (TPSA) is 66.8 Å². The molecule has 0 amide bonds. The highest BCUT2D eigenvalue weighted by atomic mass is 16.5. The molecule has 0 radical (unpaired) electrons. The molecule has 1 atom stereocenters. The zero-order chi connectivity index (χ0) is 15.8. The highest BCUT2D eigenvalue weighted by molar-refractivity contribution is 5.66. The molecule has 2 N–H and O–H groups in total. The standard InChI is InChI=1S/C17H34O4/c1-2-3-4-5-6-7-8-9-10-11-14-21-16(15-18)12-13-17(19)20/h16,18H,2-15H2,1H3,(H,19,20). The summed E-state index contributed by atoms with van der Waals surface area (Å²) in [5.41, 5.74) is 0. The van der Waals surface area contributed by atoms with Crippen LogP contribution in [-0.2, 0) is 9.53 Å². The van der Waals surface area contributed by atoms with Gasteiger partial charge in [0.1, 0.15) is 0 Å². The van der Waals surface area contributed by atoms with Gasteiger partial charge >= 0.3 is 5.97 Å².